The zero-order valence-electron chi connectivity index (χ0n) is 21.7. The lowest BCUT2D eigenvalue weighted by Gasteiger charge is -2.05. The van der Waals surface area contributed by atoms with E-state index in [2.05, 4.69) is 43.3 Å². The Morgan fingerprint density at radius 2 is 0.944 bits per heavy atom. The van der Waals surface area contributed by atoms with Crippen LogP contribution in [0.15, 0.2) is 95.9 Å². The van der Waals surface area contributed by atoms with Gasteiger partial charge in [-0.3, -0.25) is 4.18 Å². The molecule has 0 aliphatic rings. The maximum Gasteiger partial charge on any atom is 0.296 e. The molecule has 0 heterocycles. The Balaban J connectivity index is 0.000000278. The number of benzene rings is 3. The molecule has 0 atom stereocenters. The molecule has 0 aliphatic carbocycles. The molecule has 0 radical (unpaired) electrons. The molecule has 36 heavy (non-hydrogen) atoms. The third-order valence-corrected chi connectivity index (χ3v) is 7.16. The maximum absolute atomic E-state index is 11.9. The fourth-order valence-corrected chi connectivity index (χ4v) is 4.70. The molecule has 3 nitrogen and oxygen atoms in total. The highest BCUT2D eigenvalue weighted by atomic mass is 32.2. The summed E-state index contributed by atoms with van der Waals surface area (Å²) in [6.45, 7) is 2.52. The van der Waals surface area contributed by atoms with Crippen LogP contribution in [0.3, 0.4) is 0 Å². The second kappa shape index (κ2) is 18.6. The predicted molar refractivity (Wildman–Crippen MR) is 153 cm³/mol. The zero-order valence-corrected chi connectivity index (χ0v) is 22.5. The van der Waals surface area contributed by atoms with E-state index in [0.29, 0.717) is 0 Å². The number of unbranched alkanes of at least 4 members (excludes halogenated alkanes) is 9. The van der Waals surface area contributed by atoms with E-state index in [1.807, 2.05) is 36.4 Å². The fourth-order valence-electron chi connectivity index (χ4n) is 3.73. The molecule has 3 rings (SSSR count). The van der Waals surface area contributed by atoms with Crippen LogP contribution in [-0.4, -0.2) is 15.0 Å². The van der Waals surface area contributed by atoms with Crippen molar-refractivity contribution in [1.29, 1.82) is 0 Å². The smallest absolute Gasteiger partial charge is 0.266 e. The Morgan fingerprint density at radius 3 is 1.39 bits per heavy atom. The first-order valence-electron chi connectivity index (χ1n) is 13.3. The van der Waals surface area contributed by atoms with E-state index in [1.165, 1.54) is 62.5 Å². The van der Waals surface area contributed by atoms with Gasteiger partial charge in [-0.15, -0.1) is 0 Å². The molecule has 3 aromatic carbocycles. The molecule has 0 N–H and O–H groups in total. The highest BCUT2D eigenvalue weighted by molar-refractivity contribution is 7.86. The highest BCUT2D eigenvalue weighted by Crippen LogP contribution is 2.14. The first kappa shape index (κ1) is 29.5. The topological polar surface area (TPSA) is 43.4 Å². The molecule has 0 unspecified atom stereocenters. The number of hydrogen-bond acceptors (Lipinski definition) is 3. The van der Waals surface area contributed by atoms with Gasteiger partial charge >= 0.3 is 0 Å². The van der Waals surface area contributed by atoms with Gasteiger partial charge in [-0.05, 0) is 29.7 Å². The molecular weight excluding hydrogens is 464 g/mol. The standard InChI is InChI=1S/C18H30O3S.C14H12/c1-2-3-4-5-6-7-8-9-10-14-17-21-22(19,20)18-15-12-11-13-16-18;1-3-7-13(8-4-1)11-12-14-9-5-2-6-10-14/h11-13,15-16H,2-10,14,17H2,1H3;1-12H. The minimum Gasteiger partial charge on any atom is -0.266 e. The largest absolute Gasteiger partial charge is 0.296 e. The van der Waals surface area contributed by atoms with Gasteiger partial charge in [-0.25, -0.2) is 0 Å². The molecule has 3 aromatic rings. The first-order chi connectivity index (χ1) is 17.6. The third-order valence-electron chi connectivity index (χ3n) is 5.84. The van der Waals surface area contributed by atoms with Crippen LogP contribution in [0.2, 0.25) is 0 Å². The van der Waals surface area contributed by atoms with Crippen LogP contribution in [0.1, 0.15) is 82.3 Å². The summed E-state index contributed by atoms with van der Waals surface area (Å²) in [4.78, 5) is 0.238. The lowest BCUT2D eigenvalue weighted by molar-refractivity contribution is 0.306. The molecular formula is C32H42O3S. The molecule has 0 saturated heterocycles. The Labute approximate surface area is 219 Å². The lowest BCUT2D eigenvalue weighted by atomic mass is 10.1. The van der Waals surface area contributed by atoms with Gasteiger partial charge < -0.3 is 0 Å². The van der Waals surface area contributed by atoms with E-state index >= 15 is 0 Å². The second-order valence-electron chi connectivity index (χ2n) is 8.93. The lowest BCUT2D eigenvalue weighted by Crippen LogP contribution is -2.07. The van der Waals surface area contributed by atoms with Gasteiger partial charge in [0.05, 0.1) is 11.5 Å². The van der Waals surface area contributed by atoms with E-state index in [1.54, 1.807) is 30.3 Å². The molecule has 0 saturated carbocycles. The third kappa shape index (κ3) is 13.4. The summed E-state index contributed by atoms with van der Waals surface area (Å²) >= 11 is 0. The zero-order chi connectivity index (χ0) is 25.7. The normalized spacial score (nSPS) is 11.2. The minimum absolute atomic E-state index is 0.238. The van der Waals surface area contributed by atoms with Crippen LogP contribution >= 0.6 is 0 Å². The van der Waals surface area contributed by atoms with Crippen molar-refractivity contribution in [3.8, 4) is 0 Å². The summed E-state index contributed by atoms with van der Waals surface area (Å²) in [6.07, 6.45) is 16.5. The van der Waals surface area contributed by atoms with Gasteiger partial charge in [0, 0.05) is 0 Å². The van der Waals surface area contributed by atoms with Crippen LogP contribution in [0, 0.1) is 0 Å². The van der Waals surface area contributed by atoms with Crippen molar-refractivity contribution in [2.24, 2.45) is 0 Å². The van der Waals surface area contributed by atoms with Crippen molar-refractivity contribution in [3.63, 3.8) is 0 Å². The molecule has 0 spiro atoms. The van der Waals surface area contributed by atoms with Gasteiger partial charge in [0.2, 0.25) is 0 Å². The number of hydrogen-bond donors (Lipinski definition) is 0. The van der Waals surface area contributed by atoms with E-state index in [9.17, 15) is 8.42 Å². The molecule has 0 fully saturated rings. The van der Waals surface area contributed by atoms with Crippen molar-refractivity contribution in [2.75, 3.05) is 6.61 Å². The van der Waals surface area contributed by atoms with E-state index in [4.69, 9.17) is 4.18 Å². The SMILES string of the molecule is C(=Cc1ccccc1)c1ccccc1.CCCCCCCCCCCCOS(=O)(=O)c1ccccc1. The van der Waals surface area contributed by atoms with Crippen LogP contribution in [0.25, 0.3) is 12.2 Å². The quantitative estimate of drug-likeness (QED) is 0.117. The second-order valence-corrected chi connectivity index (χ2v) is 10.5. The molecule has 4 heteroatoms. The Morgan fingerprint density at radius 1 is 0.556 bits per heavy atom. The summed E-state index contributed by atoms with van der Waals surface area (Å²) < 4.78 is 28.8. The monoisotopic (exact) mass is 506 g/mol. The Kier molecular flexibility index (Phi) is 15.2. The minimum atomic E-state index is -3.57. The van der Waals surface area contributed by atoms with Crippen molar-refractivity contribution >= 4 is 22.3 Å². The predicted octanol–water partition coefficient (Wildman–Crippen LogP) is 9.17. The Hall–Kier alpha value is -2.69. The van der Waals surface area contributed by atoms with Gasteiger partial charge in [0.15, 0.2) is 0 Å². The van der Waals surface area contributed by atoms with E-state index < -0.39 is 10.1 Å². The molecule has 0 aromatic heterocycles. The van der Waals surface area contributed by atoms with Gasteiger partial charge in [0.1, 0.15) is 0 Å². The van der Waals surface area contributed by atoms with Gasteiger partial charge in [-0.2, -0.15) is 8.42 Å². The van der Waals surface area contributed by atoms with Crippen LogP contribution in [0.5, 0.6) is 0 Å². The highest BCUT2D eigenvalue weighted by Gasteiger charge is 2.13. The van der Waals surface area contributed by atoms with E-state index in [0.717, 1.165) is 12.8 Å². The van der Waals surface area contributed by atoms with Crippen molar-refractivity contribution in [2.45, 2.75) is 76.0 Å². The molecule has 0 aliphatic heterocycles. The molecule has 0 amide bonds. The van der Waals surface area contributed by atoms with Crippen LogP contribution < -0.4 is 0 Å². The summed E-state index contributed by atoms with van der Waals surface area (Å²) in [6, 6.07) is 29.0. The maximum atomic E-state index is 11.9. The fraction of sp³-hybridized carbons (Fsp3) is 0.375. The van der Waals surface area contributed by atoms with Gasteiger partial charge in [-0.1, -0.05) is 156 Å². The van der Waals surface area contributed by atoms with Crippen LogP contribution in [0.4, 0.5) is 0 Å². The average molecular weight is 507 g/mol. The average Bonchev–Trinajstić information content (AvgIpc) is 2.92. The number of rotatable bonds is 15. The van der Waals surface area contributed by atoms with Crippen molar-refractivity contribution in [1.82, 2.24) is 0 Å². The van der Waals surface area contributed by atoms with Crippen molar-refractivity contribution < 1.29 is 12.6 Å². The Bertz CT molecular complexity index is 1000. The summed E-state index contributed by atoms with van der Waals surface area (Å²) in [5.41, 5.74) is 2.47. The van der Waals surface area contributed by atoms with Crippen molar-refractivity contribution in [3.05, 3.63) is 102 Å². The van der Waals surface area contributed by atoms with Crippen LogP contribution in [-0.2, 0) is 14.3 Å². The summed E-state index contributed by atoms with van der Waals surface area (Å²) in [7, 11) is -3.57. The summed E-state index contributed by atoms with van der Waals surface area (Å²) in [5, 5.41) is 0. The molecule has 194 valence electrons. The summed E-state index contributed by atoms with van der Waals surface area (Å²) in [5.74, 6) is 0. The molecule has 0 bridgehead atoms. The van der Waals surface area contributed by atoms with Gasteiger partial charge in [0.25, 0.3) is 10.1 Å². The van der Waals surface area contributed by atoms with E-state index in [-0.39, 0.29) is 11.5 Å². The first-order valence-corrected chi connectivity index (χ1v) is 14.8.